The fraction of sp³-hybridized carbons (Fsp3) is 0.0870. The predicted molar refractivity (Wildman–Crippen MR) is 112 cm³/mol. The molecule has 3 heteroatoms. The fourth-order valence-electron chi connectivity index (χ4n) is 3.19. The van der Waals surface area contributed by atoms with Crippen LogP contribution < -0.4 is 0 Å². The quantitative estimate of drug-likeness (QED) is 0.352. The Bertz CT molecular complexity index is 999. The van der Waals surface area contributed by atoms with Crippen LogP contribution in [-0.2, 0) is 0 Å². The predicted octanol–water partition coefficient (Wildman–Crippen LogP) is 6.99. The van der Waals surface area contributed by atoms with Crippen LogP contribution in [0.25, 0.3) is 20.9 Å². The normalized spacial score (nSPS) is 10.8. The average molecular weight is 375 g/mol. The largest absolute Gasteiger partial charge is 0.289 e. The lowest BCUT2D eigenvalue weighted by Gasteiger charge is -2.09. The Morgan fingerprint density at radius 3 is 1.50 bits per heavy atom. The molecule has 4 rings (SSSR count). The van der Waals surface area contributed by atoms with Crippen molar-refractivity contribution in [2.24, 2.45) is 0 Å². The summed E-state index contributed by atoms with van der Waals surface area (Å²) in [7, 11) is 0. The van der Waals surface area contributed by atoms with E-state index >= 15 is 0 Å². The van der Waals surface area contributed by atoms with E-state index in [1.807, 2.05) is 47.2 Å². The van der Waals surface area contributed by atoms with Gasteiger partial charge in [-0.05, 0) is 59.0 Å². The first-order valence-electron chi connectivity index (χ1n) is 8.48. The molecular formula is C23H18OS2. The van der Waals surface area contributed by atoms with Gasteiger partial charge in [0.05, 0.1) is 0 Å². The molecular weight excluding hydrogens is 356 g/mol. The highest BCUT2D eigenvalue weighted by molar-refractivity contribution is 7.14. The summed E-state index contributed by atoms with van der Waals surface area (Å²) in [5.41, 5.74) is 6.23. The van der Waals surface area contributed by atoms with E-state index in [1.165, 1.54) is 11.1 Å². The molecule has 0 saturated heterocycles. The van der Waals surface area contributed by atoms with Gasteiger partial charge in [-0.1, -0.05) is 48.5 Å². The summed E-state index contributed by atoms with van der Waals surface area (Å²) in [6.07, 6.45) is 0. The molecule has 0 radical (unpaired) electrons. The topological polar surface area (TPSA) is 17.1 Å². The van der Waals surface area contributed by atoms with E-state index in [-0.39, 0.29) is 5.78 Å². The van der Waals surface area contributed by atoms with Gasteiger partial charge in [0.2, 0.25) is 0 Å². The molecule has 2 aromatic carbocycles. The Hall–Kier alpha value is -2.49. The molecule has 0 saturated carbocycles. The lowest BCUT2D eigenvalue weighted by Crippen LogP contribution is -2.02. The highest BCUT2D eigenvalue weighted by Crippen LogP contribution is 2.37. The molecule has 0 spiro atoms. The van der Waals surface area contributed by atoms with Gasteiger partial charge in [0, 0.05) is 20.9 Å². The summed E-state index contributed by atoms with van der Waals surface area (Å²) in [5.74, 6) is 0.101. The van der Waals surface area contributed by atoms with Gasteiger partial charge in [0.25, 0.3) is 0 Å². The molecule has 4 aromatic rings. The molecule has 128 valence electrons. The zero-order valence-corrected chi connectivity index (χ0v) is 16.3. The highest BCUT2D eigenvalue weighted by Gasteiger charge is 2.21. The fourth-order valence-corrected chi connectivity index (χ4v) is 5.16. The maximum atomic E-state index is 13.4. The van der Waals surface area contributed by atoms with Crippen LogP contribution in [0.15, 0.2) is 71.4 Å². The Morgan fingerprint density at radius 2 is 1.08 bits per heavy atom. The number of hydrogen-bond donors (Lipinski definition) is 0. The van der Waals surface area contributed by atoms with Gasteiger partial charge in [0.15, 0.2) is 5.78 Å². The summed E-state index contributed by atoms with van der Waals surface area (Å²) >= 11 is 3.26. The third kappa shape index (κ3) is 2.94. The standard InChI is InChI=1S/C23H18OS2/c1-15-7-3-5-9-17(15)22-19(11-13-25-22)21(24)20-12-14-26-23(20)18-10-6-4-8-16(18)2/h3-14H,1-2H3. The molecule has 0 atom stereocenters. The molecule has 0 aliphatic heterocycles. The Morgan fingerprint density at radius 1 is 0.654 bits per heavy atom. The maximum absolute atomic E-state index is 13.4. The summed E-state index contributed by atoms with van der Waals surface area (Å²) in [4.78, 5) is 15.5. The van der Waals surface area contributed by atoms with Gasteiger partial charge in [-0.25, -0.2) is 0 Å². The third-order valence-electron chi connectivity index (χ3n) is 4.60. The number of ketones is 1. The van der Waals surface area contributed by atoms with Crippen LogP contribution in [-0.4, -0.2) is 5.78 Å². The molecule has 0 N–H and O–H groups in total. The number of thiophene rings is 2. The molecule has 0 aliphatic rings. The van der Waals surface area contributed by atoms with Crippen molar-refractivity contribution in [3.05, 3.63) is 93.7 Å². The van der Waals surface area contributed by atoms with Crippen LogP contribution in [0.3, 0.4) is 0 Å². The molecule has 2 aromatic heterocycles. The van der Waals surface area contributed by atoms with Crippen molar-refractivity contribution in [1.29, 1.82) is 0 Å². The number of aryl methyl sites for hydroxylation is 2. The van der Waals surface area contributed by atoms with Crippen LogP contribution in [0.2, 0.25) is 0 Å². The number of hydrogen-bond acceptors (Lipinski definition) is 3. The molecule has 0 fully saturated rings. The molecule has 2 heterocycles. The van der Waals surface area contributed by atoms with E-state index in [4.69, 9.17) is 0 Å². The van der Waals surface area contributed by atoms with Gasteiger partial charge in [-0.15, -0.1) is 22.7 Å². The van der Waals surface area contributed by atoms with E-state index in [1.54, 1.807) is 22.7 Å². The van der Waals surface area contributed by atoms with Crippen molar-refractivity contribution >= 4 is 28.5 Å². The van der Waals surface area contributed by atoms with Crippen molar-refractivity contribution in [3.8, 4) is 20.9 Å². The van der Waals surface area contributed by atoms with Crippen LogP contribution in [0.5, 0.6) is 0 Å². The molecule has 26 heavy (non-hydrogen) atoms. The van der Waals surface area contributed by atoms with Crippen LogP contribution in [0.4, 0.5) is 0 Å². The lowest BCUT2D eigenvalue weighted by molar-refractivity contribution is 0.104. The first kappa shape index (κ1) is 17.0. The monoisotopic (exact) mass is 374 g/mol. The van der Waals surface area contributed by atoms with E-state index < -0.39 is 0 Å². The first-order chi connectivity index (χ1) is 12.7. The minimum Gasteiger partial charge on any atom is -0.289 e. The third-order valence-corrected chi connectivity index (χ3v) is 6.49. The van der Waals surface area contributed by atoms with Crippen molar-refractivity contribution < 1.29 is 4.79 Å². The SMILES string of the molecule is Cc1ccccc1-c1sccc1C(=O)c1ccsc1-c1ccccc1C. The first-order valence-corrected chi connectivity index (χ1v) is 10.2. The summed E-state index contributed by atoms with van der Waals surface area (Å²) in [6, 6.07) is 20.4. The zero-order chi connectivity index (χ0) is 18.1. The number of carbonyl (C=O) groups is 1. The molecule has 0 amide bonds. The van der Waals surface area contributed by atoms with Crippen molar-refractivity contribution in [2.75, 3.05) is 0 Å². The zero-order valence-electron chi connectivity index (χ0n) is 14.7. The van der Waals surface area contributed by atoms with Gasteiger partial charge in [-0.2, -0.15) is 0 Å². The van der Waals surface area contributed by atoms with Gasteiger partial charge in [0.1, 0.15) is 0 Å². The van der Waals surface area contributed by atoms with Crippen molar-refractivity contribution in [1.82, 2.24) is 0 Å². The van der Waals surface area contributed by atoms with E-state index in [2.05, 4.69) is 38.1 Å². The number of rotatable bonds is 4. The summed E-state index contributed by atoms with van der Waals surface area (Å²) in [6.45, 7) is 4.18. The van der Waals surface area contributed by atoms with Gasteiger partial charge >= 0.3 is 0 Å². The smallest absolute Gasteiger partial charge is 0.195 e. The summed E-state index contributed by atoms with van der Waals surface area (Å²) in [5, 5.41) is 4.02. The minimum atomic E-state index is 0.101. The molecule has 0 unspecified atom stereocenters. The van der Waals surface area contributed by atoms with E-state index in [9.17, 15) is 4.79 Å². The average Bonchev–Trinajstić information content (AvgIpc) is 3.31. The number of benzene rings is 2. The van der Waals surface area contributed by atoms with Crippen LogP contribution in [0.1, 0.15) is 27.0 Å². The van der Waals surface area contributed by atoms with Crippen molar-refractivity contribution in [2.45, 2.75) is 13.8 Å². The second kappa shape index (κ2) is 7.02. The Balaban J connectivity index is 1.81. The van der Waals surface area contributed by atoms with Gasteiger partial charge in [-0.3, -0.25) is 4.79 Å². The van der Waals surface area contributed by atoms with Gasteiger partial charge < -0.3 is 0 Å². The second-order valence-electron chi connectivity index (χ2n) is 6.29. The highest BCUT2D eigenvalue weighted by atomic mass is 32.1. The summed E-state index contributed by atoms with van der Waals surface area (Å²) < 4.78 is 0. The molecule has 1 nitrogen and oxygen atoms in total. The minimum absolute atomic E-state index is 0.101. The lowest BCUT2D eigenvalue weighted by atomic mass is 9.97. The maximum Gasteiger partial charge on any atom is 0.195 e. The van der Waals surface area contributed by atoms with Crippen molar-refractivity contribution in [3.63, 3.8) is 0 Å². The number of carbonyl (C=O) groups excluding carboxylic acids is 1. The second-order valence-corrected chi connectivity index (χ2v) is 8.12. The Labute approximate surface area is 161 Å². The molecule has 0 aliphatic carbocycles. The molecule has 0 bridgehead atoms. The van der Waals surface area contributed by atoms with E-state index in [0.717, 1.165) is 32.0 Å². The Kier molecular flexibility index (Phi) is 4.58. The van der Waals surface area contributed by atoms with E-state index in [0.29, 0.717) is 0 Å². The van der Waals surface area contributed by atoms with Crippen LogP contribution in [0, 0.1) is 13.8 Å². The van der Waals surface area contributed by atoms with Crippen LogP contribution >= 0.6 is 22.7 Å².